The quantitative estimate of drug-likeness (QED) is 0.441. The molecule has 0 unspecified atom stereocenters. The Kier molecular flexibility index (Phi) is 6.92. The molecule has 0 aliphatic rings. The predicted octanol–water partition coefficient (Wildman–Crippen LogP) is 0.927. The zero-order valence-electron chi connectivity index (χ0n) is 5.47. The van der Waals surface area contributed by atoms with Crippen molar-refractivity contribution in [2.45, 2.75) is 25.7 Å². The molecule has 0 saturated heterocycles. The summed E-state index contributed by atoms with van der Waals surface area (Å²) in [6.45, 7) is 0.255. The van der Waals surface area contributed by atoms with Crippen LogP contribution in [0.3, 0.4) is 0 Å². The molecular weight excluding hydrogens is 116 g/mol. The van der Waals surface area contributed by atoms with E-state index in [0.29, 0.717) is 0 Å². The van der Waals surface area contributed by atoms with E-state index in [1.54, 1.807) is 5.94 Å². The molecule has 0 aromatic heterocycles. The van der Waals surface area contributed by atoms with Gasteiger partial charge < -0.3 is 5.11 Å². The van der Waals surface area contributed by atoms with Crippen LogP contribution in [0, 0.1) is 0 Å². The third-order valence-corrected chi connectivity index (χ3v) is 1.09. The van der Waals surface area contributed by atoms with Crippen LogP contribution in [0.4, 0.5) is 0 Å². The minimum Gasteiger partial charge on any atom is -0.396 e. The van der Waals surface area contributed by atoms with Crippen molar-refractivity contribution in [3.63, 3.8) is 0 Å². The van der Waals surface area contributed by atoms with E-state index in [0.717, 1.165) is 25.7 Å². The van der Waals surface area contributed by atoms with Crippen molar-refractivity contribution < 1.29 is 9.90 Å². The monoisotopic (exact) mass is 128 g/mol. The van der Waals surface area contributed by atoms with E-state index in [2.05, 4.69) is 0 Å². The minimum absolute atomic E-state index is 0.255. The summed E-state index contributed by atoms with van der Waals surface area (Å²) >= 11 is 0. The number of rotatable bonds is 5. The number of unbranched alkanes of at least 4 members (excludes halogenated alkanes) is 3. The Bertz CT molecular complexity index is 93.1. The van der Waals surface area contributed by atoms with Gasteiger partial charge in [-0.2, -0.15) is 0 Å². The normalized spacial score (nSPS) is 8.56. The summed E-state index contributed by atoms with van der Waals surface area (Å²) in [5.74, 6) is 1.71. The number of aliphatic hydroxyl groups excluding tert-OH is 1. The van der Waals surface area contributed by atoms with Crippen molar-refractivity contribution in [3.05, 3.63) is 6.08 Å². The van der Waals surface area contributed by atoms with Gasteiger partial charge in [-0.05, 0) is 25.3 Å². The van der Waals surface area contributed by atoms with E-state index in [4.69, 9.17) is 5.11 Å². The summed E-state index contributed by atoms with van der Waals surface area (Å²) in [6.07, 6.45) is 5.10. The van der Waals surface area contributed by atoms with Gasteiger partial charge in [0.1, 0.15) is 5.94 Å². The van der Waals surface area contributed by atoms with Gasteiger partial charge in [-0.25, -0.2) is 4.79 Å². The standard InChI is InChI=1S/C7H12O2/c8-6-4-2-1-3-5-7-9/h4,9H,1-3,5,7H2. The first-order valence-corrected chi connectivity index (χ1v) is 3.22. The fourth-order valence-electron chi connectivity index (χ4n) is 0.594. The van der Waals surface area contributed by atoms with Crippen molar-refractivity contribution in [3.8, 4) is 0 Å². The number of hydrogen-bond acceptors (Lipinski definition) is 2. The van der Waals surface area contributed by atoms with E-state index >= 15 is 0 Å². The lowest BCUT2D eigenvalue weighted by Crippen LogP contribution is -1.81. The lowest BCUT2D eigenvalue weighted by atomic mass is 10.2. The molecule has 0 rings (SSSR count). The maximum Gasteiger partial charge on any atom is 0.120 e. The zero-order valence-corrected chi connectivity index (χ0v) is 5.47. The highest BCUT2D eigenvalue weighted by Crippen LogP contribution is 1.97. The first-order valence-electron chi connectivity index (χ1n) is 3.22. The zero-order chi connectivity index (χ0) is 6.95. The Balaban J connectivity index is 2.82. The largest absolute Gasteiger partial charge is 0.396 e. The minimum atomic E-state index is 0.255. The van der Waals surface area contributed by atoms with E-state index in [1.807, 2.05) is 0 Å². The molecule has 0 radical (unpaired) electrons. The highest BCUT2D eigenvalue weighted by atomic mass is 16.2. The molecule has 0 saturated carbocycles. The molecule has 2 heteroatoms. The molecule has 0 amide bonds. The van der Waals surface area contributed by atoms with Gasteiger partial charge in [0.15, 0.2) is 0 Å². The van der Waals surface area contributed by atoms with Crippen LogP contribution in [-0.4, -0.2) is 17.7 Å². The molecule has 0 bridgehead atoms. The molecule has 52 valence electrons. The van der Waals surface area contributed by atoms with Gasteiger partial charge in [0, 0.05) is 6.61 Å². The Morgan fingerprint density at radius 3 is 2.67 bits per heavy atom. The van der Waals surface area contributed by atoms with Crippen LogP contribution in [0.1, 0.15) is 25.7 Å². The van der Waals surface area contributed by atoms with E-state index < -0.39 is 0 Å². The number of aliphatic hydroxyl groups is 1. The van der Waals surface area contributed by atoms with Gasteiger partial charge in [0.05, 0.1) is 0 Å². The first-order chi connectivity index (χ1) is 4.41. The van der Waals surface area contributed by atoms with Crippen LogP contribution in [-0.2, 0) is 4.79 Å². The van der Waals surface area contributed by atoms with Crippen LogP contribution in [0.25, 0.3) is 0 Å². The lowest BCUT2D eigenvalue weighted by Gasteiger charge is -1.90. The molecule has 0 aliphatic heterocycles. The van der Waals surface area contributed by atoms with Crippen LogP contribution in [0.5, 0.6) is 0 Å². The summed E-state index contributed by atoms with van der Waals surface area (Å²) in [6, 6.07) is 0. The average molecular weight is 128 g/mol. The molecule has 0 fully saturated rings. The second-order valence-corrected chi connectivity index (χ2v) is 1.89. The number of allylic oxidation sites excluding steroid dienone is 1. The molecular formula is C7H12O2. The molecule has 0 aromatic carbocycles. The van der Waals surface area contributed by atoms with Crippen LogP contribution < -0.4 is 0 Å². The first kappa shape index (κ1) is 8.41. The van der Waals surface area contributed by atoms with Crippen LogP contribution in [0.2, 0.25) is 0 Å². The fourth-order valence-corrected chi connectivity index (χ4v) is 0.594. The Morgan fingerprint density at radius 1 is 1.33 bits per heavy atom. The summed E-state index contributed by atoms with van der Waals surface area (Å²) in [4.78, 5) is 9.61. The van der Waals surface area contributed by atoms with E-state index in [9.17, 15) is 4.79 Å². The average Bonchev–Trinajstić information content (AvgIpc) is 1.89. The molecule has 1 N–H and O–H groups in total. The summed E-state index contributed by atoms with van der Waals surface area (Å²) in [5.41, 5.74) is 0. The molecule has 0 aromatic rings. The number of hydrogen-bond donors (Lipinski definition) is 1. The number of carbonyl (C=O) groups excluding carboxylic acids is 1. The van der Waals surface area contributed by atoms with Gasteiger partial charge in [0.25, 0.3) is 0 Å². The van der Waals surface area contributed by atoms with Crippen molar-refractivity contribution in [2.75, 3.05) is 6.61 Å². The van der Waals surface area contributed by atoms with Crippen molar-refractivity contribution in [1.82, 2.24) is 0 Å². The lowest BCUT2D eigenvalue weighted by molar-refractivity contribution is 0.283. The predicted molar refractivity (Wildman–Crippen MR) is 35.8 cm³/mol. The SMILES string of the molecule is O=C=CCCCCCO. The van der Waals surface area contributed by atoms with E-state index in [-0.39, 0.29) is 6.61 Å². The highest BCUT2D eigenvalue weighted by Gasteiger charge is 1.83. The van der Waals surface area contributed by atoms with Gasteiger partial charge in [-0.1, -0.05) is 6.42 Å². The maximum atomic E-state index is 9.61. The van der Waals surface area contributed by atoms with Crippen molar-refractivity contribution >= 4 is 5.94 Å². The van der Waals surface area contributed by atoms with Gasteiger partial charge in [0.2, 0.25) is 0 Å². The molecule has 0 aliphatic carbocycles. The van der Waals surface area contributed by atoms with E-state index in [1.165, 1.54) is 6.08 Å². The molecule has 9 heavy (non-hydrogen) atoms. The second-order valence-electron chi connectivity index (χ2n) is 1.89. The second kappa shape index (κ2) is 7.41. The molecule has 0 heterocycles. The Morgan fingerprint density at radius 2 is 2.11 bits per heavy atom. The fraction of sp³-hybridized carbons (Fsp3) is 0.714. The highest BCUT2D eigenvalue weighted by molar-refractivity contribution is 5.44. The Labute approximate surface area is 55.2 Å². The summed E-state index contributed by atoms with van der Waals surface area (Å²) < 4.78 is 0. The summed E-state index contributed by atoms with van der Waals surface area (Å²) in [7, 11) is 0. The van der Waals surface area contributed by atoms with Crippen molar-refractivity contribution in [2.24, 2.45) is 0 Å². The van der Waals surface area contributed by atoms with Gasteiger partial charge in [-0.3, -0.25) is 0 Å². The Hall–Kier alpha value is -0.590. The van der Waals surface area contributed by atoms with Crippen LogP contribution in [0.15, 0.2) is 6.08 Å². The van der Waals surface area contributed by atoms with Crippen molar-refractivity contribution in [1.29, 1.82) is 0 Å². The van der Waals surface area contributed by atoms with Crippen LogP contribution >= 0.6 is 0 Å². The summed E-state index contributed by atoms with van der Waals surface area (Å²) in [5, 5.41) is 8.34. The third kappa shape index (κ3) is 7.41. The van der Waals surface area contributed by atoms with Gasteiger partial charge in [-0.15, -0.1) is 0 Å². The van der Waals surface area contributed by atoms with Gasteiger partial charge >= 0.3 is 0 Å². The molecule has 0 atom stereocenters. The molecule has 2 nitrogen and oxygen atoms in total. The smallest absolute Gasteiger partial charge is 0.120 e. The maximum absolute atomic E-state index is 9.61. The third-order valence-electron chi connectivity index (χ3n) is 1.09. The topological polar surface area (TPSA) is 37.3 Å². The molecule has 0 spiro atoms.